The van der Waals surface area contributed by atoms with Crippen LogP contribution in [0.5, 0.6) is 0 Å². The van der Waals surface area contributed by atoms with Crippen LogP contribution in [0.1, 0.15) is 30.6 Å². The maximum Gasteiger partial charge on any atom is 0.253 e. The zero-order valence-corrected chi connectivity index (χ0v) is 12.9. The number of nitrogens with one attached hydrogen (secondary N) is 1. The summed E-state index contributed by atoms with van der Waals surface area (Å²) in [6.07, 6.45) is 0.855. The highest BCUT2D eigenvalue weighted by Gasteiger charge is 2.16. The Labute approximate surface area is 121 Å². The first-order valence-electron chi connectivity index (χ1n) is 5.90. The molecule has 1 rings (SSSR count). The van der Waals surface area contributed by atoms with Gasteiger partial charge in [-0.1, -0.05) is 41.4 Å². The van der Waals surface area contributed by atoms with E-state index in [0.29, 0.717) is 23.0 Å². The molecule has 0 aliphatic rings. The van der Waals surface area contributed by atoms with Crippen molar-refractivity contribution >= 4 is 33.4 Å². The molecule has 1 amide bonds. The van der Waals surface area contributed by atoms with Crippen molar-refractivity contribution in [2.24, 2.45) is 11.7 Å². The van der Waals surface area contributed by atoms with Gasteiger partial charge in [-0.2, -0.15) is 0 Å². The first-order valence-corrected chi connectivity index (χ1v) is 7.07. The highest BCUT2D eigenvalue weighted by atomic mass is 79.9. The lowest BCUT2D eigenvalue weighted by Gasteiger charge is -2.19. The van der Waals surface area contributed by atoms with Crippen molar-refractivity contribution in [3.8, 4) is 0 Å². The SMILES string of the molecule is CC(C)CC(CN)NC(=O)c1cc(Br)ccc1Cl. The standard InChI is InChI=1S/C13H18BrClN2O/c1-8(2)5-10(7-16)17-13(18)11-6-9(14)3-4-12(11)15/h3-4,6,8,10H,5,7,16H2,1-2H3,(H,17,18). The normalized spacial score (nSPS) is 12.6. The van der Waals surface area contributed by atoms with Crippen LogP contribution < -0.4 is 11.1 Å². The number of halogens is 2. The maximum absolute atomic E-state index is 12.1. The van der Waals surface area contributed by atoms with Gasteiger partial charge in [0.2, 0.25) is 0 Å². The van der Waals surface area contributed by atoms with Crippen LogP contribution in [0.2, 0.25) is 5.02 Å². The number of nitrogens with two attached hydrogens (primary N) is 1. The third-order valence-electron chi connectivity index (χ3n) is 2.55. The molecule has 1 aromatic carbocycles. The molecule has 5 heteroatoms. The van der Waals surface area contributed by atoms with E-state index in [1.807, 2.05) is 0 Å². The molecule has 0 aliphatic carbocycles. The summed E-state index contributed by atoms with van der Waals surface area (Å²) in [5, 5.41) is 3.35. The smallest absolute Gasteiger partial charge is 0.253 e. The van der Waals surface area contributed by atoms with E-state index in [2.05, 4.69) is 35.1 Å². The average molecular weight is 334 g/mol. The number of benzene rings is 1. The fraction of sp³-hybridized carbons (Fsp3) is 0.462. The van der Waals surface area contributed by atoms with Crippen molar-refractivity contribution in [2.45, 2.75) is 26.3 Å². The van der Waals surface area contributed by atoms with Crippen LogP contribution in [0, 0.1) is 5.92 Å². The lowest BCUT2D eigenvalue weighted by Crippen LogP contribution is -2.41. The number of rotatable bonds is 5. The fourth-order valence-electron chi connectivity index (χ4n) is 1.72. The number of amides is 1. The molecule has 3 N–H and O–H groups in total. The Balaban J connectivity index is 2.77. The molecule has 0 saturated carbocycles. The molecule has 3 nitrogen and oxygen atoms in total. The lowest BCUT2D eigenvalue weighted by molar-refractivity contribution is 0.0934. The van der Waals surface area contributed by atoms with Crippen LogP contribution in [0.4, 0.5) is 0 Å². The summed E-state index contributed by atoms with van der Waals surface area (Å²) in [7, 11) is 0. The van der Waals surface area contributed by atoms with Crippen molar-refractivity contribution in [3.63, 3.8) is 0 Å². The highest BCUT2D eigenvalue weighted by molar-refractivity contribution is 9.10. The molecule has 18 heavy (non-hydrogen) atoms. The number of hydrogen-bond acceptors (Lipinski definition) is 2. The minimum Gasteiger partial charge on any atom is -0.348 e. The molecule has 0 aliphatic heterocycles. The predicted molar refractivity (Wildman–Crippen MR) is 78.9 cm³/mol. The van der Waals surface area contributed by atoms with Crippen molar-refractivity contribution in [1.29, 1.82) is 0 Å². The van der Waals surface area contributed by atoms with E-state index in [4.69, 9.17) is 17.3 Å². The van der Waals surface area contributed by atoms with Gasteiger partial charge >= 0.3 is 0 Å². The van der Waals surface area contributed by atoms with Crippen LogP contribution in [-0.4, -0.2) is 18.5 Å². The van der Waals surface area contributed by atoms with Gasteiger partial charge in [0.25, 0.3) is 5.91 Å². The predicted octanol–water partition coefficient (Wildman–Crippen LogP) is 3.21. The first-order chi connectivity index (χ1) is 8.43. The van der Waals surface area contributed by atoms with Crippen LogP contribution in [-0.2, 0) is 0 Å². The zero-order chi connectivity index (χ0) is 13.7. The van der Waals surface area contributed by atoms with Crippen molar-refractivity contribution in [2.75, 3.05) is 6.54 Å². The van der Waals surface area contributed by atoms with Crippen LogP contribution >= 0.6 is 27.5 Å². The highest BCUT2D eigenvalue weighted by Crippen LogP contribution is 2.21. The largest absolute Gasteiger partial charge is 0.348 e. The van der Waals surface area contributed by atoms with Crippen LogP contribution in [0.3, 0.4) is 0 Å². The van der Waals surface area contributed by atoms with E-state index in [0.717, 1.165) is 10.9 Å². The number of carbonyl (C=O) groups is 1. The van der Waals surface area contributed by atoms with Gasteiger partial charge < -0.3 is 11.1 Å². The van der Waals surface area contributed by atoms with Gasteiger partial charge in [0.05, 0.1) is 10.6 Å². The van der Waals surface area contributed by atoms with Gasteiger partial charge in [-0.3, -0.25) is 4.79 Å². The summed E-state index contributed by atoms with van der Waals surface area (Å²) in [4.78, 5) is 12.1. The molecule has 0 radical (unpaired) electrons. The first kappa shape index (κ1) is 15.5. The van der Waals surface area contributed by atoms with E-state index < -0.39 is 0 Å². The summed E-state index contributed by atoms with van der Waals surface area (Å²) in [5.41, 5.74) is 6.12. The fourth-order valence-corrected chi connectivity index (χ4v) is 2.28. The summed E-state index contributed by atoms with van der Waals surface area (Å²) in [6.45, 7) is 4.62. The molecule has 0 spiro atoms. The summed E-state index contributed by atoms with van der Waals surface area (Å²) in [5.74, 6) is 0.300. The second kappa shape index (κ2) is 7.12. The van der Waals surface area contributed by atoms with Gasteiger partial charge in [-0.25, -0.2) is 0 Å². The third kappa shape index (κ3) is 4.59. The summed E-state index contributed by atoms with van der Waals surface area (Å²) < 4.78 is 0.824. The average Bonchev–Trinajstić information content (AvgIpc) is 2.30. The molecule has 0 heterocycles. The van der Waals surface area contributed by atoms with Gasteiger partial charge in [0, 0.05) is 17.1 Å². The molecule has 0 aromatic heterocycles. The Bertz CT molecular complexity index is 423. The van der Waals surface area contributed by atoms with E-state index in [1.54, 1.807) is 18.2 Å². The monoisotopic (exact) mass is 332 g/mol. The summed E-state index contributed by atoms with van der Waals surface area (Å²) in [6, 6.07) is 5.18. The maximum atomic E-state index is 12.1. The van der Waals surface area contributed by atoms with E-state index in [-0.39, 0.29) is 11.9 Å². The minimum absolute atomic E-state index is 0.0208. The van der Waals surface area contributed by atoms with Gasteiger partial charge in [0.15, 0.2) is 0 Å². The molecule has 1 atom stereocenters. The molecule has 100 valence electrons. The topological polar surface area (TPSA) is 55.1 Å². The Morgan fingerprint density at radius 1 is 1.50 bits per heavy atom. The molecular formula is C13H18BrClN2O. The van der Waals surface area contributed by atoms with Crippen LogP contribution in [0.25, 0.3) is 0 Å². The summed E-state index contributed by atoms with van der Waals surface area (Å²) >= 11 is 9.34. The van der Waals surface area contributed by atoms with Crippen molar-refractivity contribution in [1.82, 2.24) is 5.32 Å². The minimum atomic E-state index is -0.183. The Kier molecular flexibility index (Phi) is 6.12. The Morgan fingerprint density at radius 2 is 2.17 bits per heavy atom. The van der Waals surface area contributed by atoms with Crippen molar-refractivity contribution < 1.29 is 4.79 Å². The second-order valence-electron chi connectivity index (χ2n) is 4.66. The molecular weight excluding hydrogens is 316 g/mol. The Morgan fingerprint density at radius 3 is 2.72 bits per heavy atom. The quantitative estimate of drug-likeness (QED) is 0.869. The Hall–Kier alpha value is -0.580. The lowest BCUT2D eigenvalue weighted by atomic mass is 10.0. The van der Waals surface area contributed by atoms with Gasteiger partial charge in [-0.05, 0) is 30.5 Å². The zero-order valence-electron chi connectivity index (χ0n) is 10.5. The van der Waals surface area contributed by atoms with E-state index in [9.17, 15) is 4.79 Å². The van der Waals surface area contributed by atoms with Crippen molar-refractivity contribution in [3.05, 3.63) is 33.3 Å². The molecule has 1 aromatic rings. The number of carbonyl (C=O) groups excluding carboxylic acids is 1. The molecule has 1 unspecified atom stereocenters. The van der Waals surface area contributed by atoms with E-state index in [1.165, 1.54) is 0 Å². The van der Waals surface area contributed by atoms with Crippen LogP contribution in [0.15, 0.2) is 22.7 Å². The van der Waals surface area contributed by atoms with Gasteiger partial charge in [0.1, 0.15) is 0 Å². The second-order valence-corrected chi connectivity index (χ2v) is 5.98. The molecule has 0 bridgehead atoms. The third-order valence-corrected chi connectivity index (χ3v) is 3.37. The van der Waals surface area contributed by atoms with Gasteiger partial charge in [-0.15, -0.1) is 0 Å². The molecule has 0 fully saturated rings. The molecule has 0 saturated heterocycles. The number of hydrogen-bond donors (Lipinski definition) is 2. The van der Waals surface area contributed by atoms with E-state index >= 15 is 0 Å².